The van der Waals surface area contributed by atoms with E-state index in [1.807, 2.05) is 13.8 Å². The molecule has 0 aliphatic carbocycles. The quantitative estimate of drug-likeness (QED) is 0.450. The van der Waals surface area contributed by atoms with Crippen LogP contribution in [0.25, 0.3) is 0 Å². The van der Waals surface area contributed by atoms with Crippen LogP contribution in [0.3, 0.4) is 0 Å². The molecule has 0 spiro atoms. The average Bonchev–Trinajstić information content (AvgIpc) is 2.38. The molecule has 0 radical (unpaired) electrons. The fourth-order valence-electron chi connectivity index (χ4n) is 1.87. The van der Waals surface area contributed by atoms with Crippen molar-refractivity contribution >= 4 is 11.8 Å². The van der Waals surface area contributed by atoms with Crippen LogP contribution in [-0.2, 0) is 9.53 Å². The zero-order chi connectivity index (χ0) is 14.4. The average molecular weight is 264 g/mol. The second-order valence-corrected chi connectivity index (χ2v) is 4.57. The van der Waals surface area contributed by atoms with Gasteiger partial charge in [0.2, 0.25) is 0 Å². The Morgan fingerprint density at radius 1 is 1.26 bits per heavy atom. The molecule has 0 saturated carbocycles. The summed E-state index contributed by atoms with van der Waals surface area (Å²) < 4.78 is 10.1. The van der Waals surface area contributed by atoms with E-state index in [1.165, 1.54) is 7.11 Å². The maximum atomic E-state index is 12.4. The number of carbonyl (C=O) groups is 2. The first-order valence-electron chi connectivity index (χ1n) is 6.36. The summed E-state index contributed by atoms with van der Waals surface area (Å²) in [7, 11) is 1.54. The molecule has 19 heavy (non-hydrogen) atoms. The van der Waals surface area contributed by atoms with Crippen molar-refractivity contribution in [3.63, 3.8) is 0 Å². The molecule has 0 heterocycles. The summed E-state index contributed by atoms with van der Waals surface area (Å²) >= 11 is 0. The van der Waals surface area contributed by atoms with Crippen molar-refractivity contribution in [1.82, 2.24) is 0 Å². The number of methoxy groups -OCH3 is 1. The minimum Gasteiger partial charge on any atom is -0.497 e. The summed E-state index contributed by atoms with van der Waals surface area (Å²) in [5.74, 6) is -0.986. The standard InChI is InChI=1S/C15H20O4/c1-5-19-15(17)13(10(2)3)14(16)11-7-6-8-12(9-11)18-4/h6-10,13H,5H2,1-4H3. The normalized spacial score (nSPS) is 12.1. The third-order valence-electron chi connectivity index (χ3n) is 2.84. The Labute approximate surface area is 113 Å². The second kappa shape index (κ2) is 6.92. The molecule has 0 bridgehead atoms. The van der Waals surface area contributed by atoms with E-state index in [0.29, 0.717) is 11.3 Å². The van der Waals surface area contributed by atoms with Crippen LogP contribution in [0, 0.1) is 11.8 Å². The van der Waals surface area contributed by atoms with Crippen molar-refractivity contribution in [2.75, 3.05) is 13.7 Å². The van der Waals surface area contributed by atoms with Crippen LogP contribution in [0.4, 0.5) is 0 Å². The van der Waals surface area contributed by atoms with Gasteiger partial charge in [-0.2, -0.15) is 0 Å². The second-order valence-electron chi connectivity index (χ2n) is 4.57. The van der Waals surface area contributed by atoms with Gasteiger partial charge in [-0.15, -0.1) is 0 Å². The Morgan fingerprint density at radius 3 is 2.47 bits per heavy atom. The Hall–Kier alpha value is -1.84. The summed E-state index contributed by atoms with van der Waals surface area (Å²) in [5.41, 5.74) is 0.464. The van der Waals surface area contributed by atoms with E-state index in [0.717, 1.165) is 0 Å². The van der Waals surface area contributed by atoms with Crippen molar-refractivity contribution in [3.05, 3.63) is 29.8 Å². The first kappa shape index (κ1) is 15.2. The van der Waals surface area contributed by atoms with Gasteiger partial charge >= 0.3 is 5.97 Å². The van der Waals surface area contributed by atoms with E-state index in [1.54, 1.807) is 31.2 Å². The first-order chi connectivity index (χ1) is 9.01. The lowest BCUT2D eigenvalue weighted by Crippen LogP contribution is -2.30. The van der Waals surface area contributed by atoms with E-state index in [-0.39, 0.29) is 18.3 Å². The smallest absolute Gasteiger partial charge is 0.317 e. The van der Waals surface area contributed by atoms with E-state index in [2.05, 4.69) is 0 Å². The molecule has 0 saturated heterocycles. The molecule has 1 unspecified atom stereocenters. The molecule has 0 aliphatic rings. The molecular formula is C15H20O4. The van der Waals surface area contributed by atoms with Crippen LogP contribution in [-0.4, -0.2) is 25.5 Å². The number of carbonyl (C=O) groups excluding carboxylic acids is 2. The molecule has 0 amide bonds. The number of esters is 1. The largest absolute Gasteiger partial charge is 0.497 e. The maximum absolute atomic E-state index is 12.4. The summed E-state index contributed by atoms with van der Waals surface area (Å²) in [5, 5.41) is 0. The van der Waals surface area contributed by atoms with E-state index >= 15 is 0 Å². The van der Waals surface area contributed by atoms with Gasteiger partial charge in [0.1, 0.15) is 11.7 Å². The Balaban J connectivity index is 3.02. The summed E-state index contributed by atoms with van der Waals surface area (Å²) in [6, 6.07) is 6.80. The lowest BCUT2D eigenvalue weighted by atomic mass is 9.88. The third kappa shape index (κ3) is 3.81. The highest BCUT2D eigenvalue weighted by molar-refractivity contribution is 6.09. The number of Topliss-reactive ketones (excluding diaryl/α,β-unsaturated/α-hetero) is 1. The molecular weight excluding hydrogens is 244 g/mol. The molecule has 1 aromatic rings. The molecule has 1 rings (SSSR count). The molecule has 4 heteroatoms. The number of hydrogen-bond acceptors (Lipinski definition) is 4. The Bertz CT molecular complexity index is 451. The van der Waals surface area contributed by atoms with Crippen molar-refractivity contribution in [2.45, 2.75) is 20.8 Å². The highest BCUT2D eigenvalue weighted by Gasteiger charge is 2.31. The topological polar surface area (TPSA) is 52.6 Å². The van der Waals surface area contributed by atoms with Crippen LogP contribution in [0.1, 0.15) is 31.1 Å². The van der Waals surface area contributed by atoms with Crippen LogP contribution >= 0.6 is 0 Å². The molecule has 0 fully saturated rings. The number of benzene rings is 1. The molecule has 0 aliphatic heterocycles. The Morgan fingerprint density at radius 2 is 1.95 bits per heavy atom. The fraction of sp³-hybridized carbons (Fsp3) is 0.467. The number of hydrogen-bond donors (Lipinski definition) is 0. The monoisotopic (exact) mass is 264 g/mol. The summed E-state index contributed by atoms with van der Waals surface area (Å²) in [4.78, 5) is 24.3. The SMILES string of the molecule is CCOC(=O)C(C(=O)c1cccc(OC)c1)C(C)C. The molecule has 0 aromatic heterocycles. The van der Waals surface area contributed by atoms with Gasteiger partial charge in [0.15, 0.2) is 5.78 Å². The Kier molecular flexibility index (Phi) is 5.55. The third-order valence-corrected chi connectivity index (χ3v) is 2.84. The van der Waals surface area contributed by atoms with Crippen LogP contribution < -0.4 is 4.74 Å². The van der Waals surface area contributed by atoms with Crippen molar-refractivity contribution in [2.24, 2.45) is 11.8 Å². The lowest BCUT2D eigenvalue weighted by molar-refractivity contribution is -0.147. The zero-order valence-corrected chi connectivity index (χ0v) is 11.8. The zero-order valence-electron chi connectivity index (χ0n) is 11.8. The van der Waals surface area contributed by atoms with E-state index in [9.17, 15) is 9.59 Å². The molecule has 1 atom stereocenters. The molecule has 104 valence electrons. The lowest BCUT2D eigenvalue weighted by Gasteiger charge is -2.18. The van der Waals surface area contributed by atoms with Crippen molar-refractivity contribution < 1.29 is 19.1 Å². The number of rotatable bonds is 6. The van der Waals surface area contributed by atoms with Gasteiger partial charge in [-0.05, 0) is 25.0 Å². The molecule has 0 N–H and O–H groups in total. The van der Waals surface area contributed by atoms with Crippen molar-refractivity contribution in [3.8, 4) is 5.75 Å². The molecule has 1 aromatic carbocycles. The van der Waals surface area contributed by atoms with Gasteiger partial charge in [0.05, 0.1) is 13.7 Å². The predicted molar refractivity (Wildman–Crippen MR) is 72.3 cm³/mol. The fourth-order valence-corrected chi connectivity index (χ4v) is 1.87. The number of ketones is 1. The van der Waals surface area contributed by atoms with Gasteiger partial charge in [-0.1, -0.05) is 26.0 Å². The summed E-state index contributed by atoms with van der Waals surface area (Å²) in [6.45, 7) is 5.66. The van der Waals surface area contributed by atoms with Crippen LogP contribution in [0.5, 0.6) is 5.75 Å². The minimum absolute atomic E-state index is 0.113. The van der Waals surface area contributed by atoms with Crippen LogP contribution in [0.2, 0.25) is 0 Å². The van der Waals surface area contributed by atoms with Gasteiger partial charge in [-0.25, -0.2) is 0 Å². The highest BCUT2D eigenvalue weighted by atomic mass is 16.5. The highest BCUT2D eigenvalue weighted by Crippen LogP contribution is 2.21. The summed E-state index contributed by atoms with van der Waals surface area (Å²) in [6.07, 6.45) is 0. The first-order valence-corrected chi connectivity index (χ1v) is 6.36. The van der Waals surface area contributed by atoms with Gasteiger partial charge in [0.25, 0.3) is 0 Å². The van der Waals surface area contributed by atoms with Gasteiger partial charge in [0, 0.05) is 5.56 Å². The van der Waals surface area contributed by atoms with E-state index < -0.39 is 11.9 Å². The number of ether oxygens (including phenoxy) is 2. The van der Waals surface area contributed by atoms with Gasteiger partial charge < -0.3 is 9.47 Å². The molecule has 4 nitrogen and oxygen atoms in total. The maximum Gasteiger partial charge on any atom is 0.317 e. The van der Waals surface area contributed by atoms with E-state index in [4.69, 9.17) is 9.47 Å². The predicted octanol–water partition coefficient (Wildman–Crippen LogP) is 2.71. The minimum atomic E-state index is -0.771. The van der Waals surface area contributed by atoms with Crippen LogP contribution in [0.15, 0.2) is 24.3 Å². The van der Waals surface area contributed by atoms with Gasteiger partial charge in [-0.3, -0.25) is 9.59 Å². The van der Waals surface area contributed by atoms with Crippen molar-refractivity contribution in [1.29, 1.82) is 0 Å².